The lowest BCUT2D eigenvalue weighted by atomic mass is 9.94. The molecule has 1 unspecified atom stereocenters. The average molecular weight is 510 g/mol. The highest BCUT2D eigenvalue weighted by Gasteiger charge is 2.27. The highest BCUT2D eigenvalue weighted by molar-refractivity contribution is 5.92. The fraction of sp³-hybridized carbons (Fsp3) is 0.200. The zero-order valence-electron chi connectivity index (χ0n) is 21.4. The van der Waals surface area contributed by atoms with Gasteiger partial charge in [0.2, 0.25) is 0 Å². The number of benzene rings is 3. The first-order valence-electron chi connectivity index (χ1n) is 12.3. The van der Waals surface area contributed by atoms with Crippen molar-refractivity contribution in [3.05, 3.63) is 111 Å². The SMILES string of the molecule is CCN(CC)c1ccc2c(c1)O/C(=C(\C#N)c1ccc([N+](=O)[O-])cc1)C=C2C(C)OC(=O)c1ccccc1. The first kappa shape index (κ1) is 26.2. The van der Waals surface area contributed by atoms with Crippen LogP contribution in [0, 0.1) is 21.4 Å². The molecule has 0 spiro atoms. The molecule has 3 aromatic rings. The Balaban J connectivity index is 1.80. The van der Waals surface area contributed by atoms with Crippen LogP contribution in [0.1, 0.15) is 42.3 Å². The van der Waals surface area contributed by atoms with Crippen LogP contribution in [0.3, 0.4) is 0 Å². The molecule has 0 aromatic heterocycles. The zero-order valence-corrected chi connectivity index (χ0v) is 21.4. The lowest BCUT2D eigenvalue weighted by Gasteiger charge is -2.28. The average Bonchev–Trinajstić information content (AvgIpc) is 2.94. The minimum Gasteiger partial charge on any atom is -0.455 e. The summed E-state index contributed by atoms with van der Waals surface area (Å²) in [4.78, 5) is 25.6. The Morgan fingerprint density at radius 1 is 1.05 bits per heavy atom. The van der Waals surface area contributed by atoms with Gasteiger partial charge in [-0.3, -0.25) is 10.1 Å². The van der Waals surface area contributed by atoms with E-state index in [9.17, 15) is 20.2 Å². The second-order valence-corrected chi connectivity index (χ2v) is 8.62. The Bertz CT molecular complexity index is 1450. The Morgan fingerprint density at radius 2 is 1.74 bits per heavy atom. The number of esters is 1. The lowest BCUT2D eigenvalue weighted by Crippen LogP contribution is -2.23. The molecule has 0 N–H and O–H groups in total. The van der Waals surface area contributed by atoms with E-state index in [1.54, 1.807) is 37.3 Å². The van der Waals surface area contributed by atoms with Gasteiger partial charge in [0.15, 0.2) is 0 Å². The van der Waals surface area contributed by atoms with E-state index in [4.69, 9.17) is 9.47 Å². The minimum absolute atomic E-state index is 0.0764. The number of nitrogens with zero attached hydrogens (tertiary/aromatic N) is 3. The van der Waals surface area contributed by atoms with Gasteiger partial charge in [-0.2, -0.15) is 5.26 Å². The maximum Gasteiger partial charge on any atom is 0.338 e. The molecule has 1 aliphatic rings. The summed E-state index contributed by atoms with van der Waals surface area (Å²) in [6.45, 7) is 7.51. The van der Waals surface area contributed by atoms with Gasteiger partial charge in [-0.25, -0.2) is 4.79 Å². The van der Waals surface area contributed by atoms with Crippen LogP contribution in [0.4, 0.5) is 11.4 Å². The number of fused-ring (bicyclic) bond motifs is 1. The number of nitro benzene ring substituents is 1. The van der Waals surface area contributed by atoms with Gasteiger partial charge in [-0.05, 0) is 68.8 Å². The summed E-state index contributed by atoms with van der Waals surface area (Å²) in [5.74, 6) is 0.329. The van der Waals surface area contributed by atoms with Crippen molar-refractivity contribution in [3.8, 4) is 11.8 Å². The molecule has 0 saturated carbocycles. The number of rotatable bonds is 8. The summed E-state index contributed by atoms with van der Waals surface area (Å²) in [6.07, 6.45) is 1.04. The highest BCUT2D eigenvalue weighted by atomic mass is 16.6. The zero-order chi connectivity index (χ0) is 27.2. The number of allylic oxidation sites excluding steroid dienone is 2. The summed E-state index contributed by atoms with van der Waals surface area (Å²) in [6, 6.07) is 22.5. The summed E-state index contributed by atoms with van der Waals surface area (Å²) in [5, 5.41) is 21.1. The van der Waals surface area contributed by atoms with Crippen LogP contribution < -0.4 is 9.64 Å². The molecule has 1 atom stereocenters. The number of ether oxygens (including phenoxy) is 2. The van der Waals surface area contributed by atoms with E-state index < -0.39 is 17.0 Å². The van der Waals surface area contributed by atoms with Crippen LogP contribution in [-0.2, 0) is 4.74 Å². The molecular weight excluding hydrogens is 482 g/mol. The van der Waals surface area contributed by atoms with Crippen LogP contribution in [0.2, 0.25) is 0 Å². The molecule has 0 aliphatic carbocycles. The summed E-state index contributed by atoms with van der Waals surface area (Å²) in [7, 11) is 0. The molecule has 4 rings (SSSR count). The number of hydrogen-bond donors (Lipinski definition) is 0. The molecule has 1 aliphatic heterocycles. The second kappa shape index (κ2) is 11.4. The molecule has 0 fully saturated rings. The van der Waals surface area contributed by atoms with Gasteiger partial charge in [-0.1, -0.05) is 18.2 Å². The van der Waals surface area contributed by atoms with E-state index in [-0.39, 0.29) is 17.0 Å². The van der Waals surface area contributed by atoms with Crippen LogP contribution in [0.25, 0.3) is 11.1 Å². The van der Waals surface area contributed by atoms with Crippen LogP contribution in [0.5, 0.6) is 5.75 Å². The molecule has 0 amide bonds. The Morgan fingerprint density at radius 3 is 2.34 bits per heavy atom. The fourth-order valence-electron chi connectivity index (χ4n) is 4.32. The Kier molecular flexibility index (Phi) is 7.88. The van der Waals surface area contributed by atoms with Gasteiger partial charge >= 0.3 is 5.97 Å². The number of non-ortho nitro benzene ring substituents is 1. The predicted octanol–water partition coefficient (Wildman–Crippen LogP) is 6.40. The van der Waals surface area contributed by atoms with E-state index in [1.165, 1.54) is 24.3 Å². The van der Waals surface area contributed by atoms with Crippen molar-refractivity contribution in [3.63, 3.8) is 0 Å². The van der Waals surface area contributed by atoms with Crippen molar-refractivity contribution < 1.29 is 19.2 Å². The Labute approximate surface area is 221 Å². The van der Waals surface area contributed by atoms with Crippen molar-refractivity contribution in [2.24, 2.45) is 0 Å². The monoisotopic (exact) mass is 509 g/mol. The molecule has 8 heteroatoms. The molecule has 0 radical (unpaired) electrons. The fourth-order valence-corrected chi connectivity index (χ4v) is 4.32. The number of nitriles is 1. The molecular formula is C30H27N3O5. The summed E-state index contributed by atoms with van der Waals surface area (Å²) in [5.41, 5.74) is 3.41. The van der Waals surface area contributed by atoms with Crippen LogP contribution in [-0.4, -0.2) is 30.1 Å². The van der Waals surface area contributed by atoms with Crippen molar-refractivity contribution >= 4 is 28.5 Å². The Hall–Kier alpha value is -4.90. The lowest BCUT2D eigenvalue weighted by molar-refractivity contribution is -0.384. The van der Waals surface area contributed by atoms with Crippen molar-refractivity contribution in [1.29, 1.82) is 5.26 Å². The van der Waals surface area contributed by atoms with Gasteiger partial charge in [0.25, 0.3) is 5.69 Å². The van der Waals surface area contributed by atoms with Gasteiger partial charge in [-0.15, -0.1) is 0 Å². The van der Waals surface area contributed by atoms with Crippen molar-refractivity contribution in [2.45, 2.75) is 26.9 Å². The van der Waals surface area contributed by atoms with E-state index >= 15 is 0 Å². The van der Waals surface area contributed by atoms with Crippen LogP contribution in [0.15, 0.2) is 84.6 Å². The van der Waals surface area contributed by atoms with Gasteiger partial charge in [0.1, 0.15) is 29.3 Å². The maximum absolute atomic E-state index is 12.8. The number of anilines is 1. The normalized spacial score (nSPS) is 14.2. The smallest absolute Gasteiger partial charge is 0.338 e. The molecule has 38 heavy (non-hydrogen) atoms. The third-order valence-corrected chi connectivity index (χ3v) is 6.37. The maximum atomic E-state index is 12.8. The van der Waals surface area contributed by atoms with E-state index in [2.05, 4.69) is 24.8 Å². The predicted molar refractivity (Wildman–Crippen MR) is 146 cm³/mol. The highest BCUT2D eigenvalue weighted by Crippen LogP contribution is 2.40. The second-order valence-electron chi connectivity index (χ2n) is 8.62. The van der Waals surface area contributed by atoms with Crippen LogP contribution >= 0.6 is 0 Å². The van der Waals surface area contributed by atoms with Crippen molar-refractivity contribution in [2.75, 3.05) is 18.0 Å². The van der Waals surface area contributed by atoms with Gasteiger partial charge < -0.3 is 14.4 Å². The molecule has 0 saturated heterocycles. The topological polar surface area (TPSA) is 106 Å². The summed E-state index contributed by atoms with van der Waals surface area (Å²) < 4.78 is 12.1. The first-order valence-corrected chi connectivity index (χ1v) is 12.3. The van der Waals surface area contributed by atoms with Crippen molar-refractivity contribution in [1.82, 2.24) is 0 Å². The summed E-state index contributed by atoms with van der Waals surface area (Å²) >= 11 is 0. The molecule has 8 nitrogen and oxygen atoms in total. The first-order chi connectivity index (χ1) is 18.4. The van der Waals surface area contributed by atoms with E-state index in [0.29, 0.717) is 22.4 Å². The van der Waals surface area contributed by atoms with Gasteiger partial charge in [0.05, 0.1) is 10.5 Å². The minimum atomic E-state index is -0.656. The standard InChI is InChI=1S/C30H27N3O5/c1-4-32(5-2)24-15-16-25-26(20(3)37-30(34)22-9-7-6-8-10-22)18-29(38-28(25)17-24)27(19-31)21-11-13-23(14-12-21)33(35)36/h6-18,20H,4-5H2,1-3H3/b29-27+. The third-order valence-electron chi connectivity index (χ3n) is 6.37. The molecule has 1 heterocycles. The number of hydrogen-bond acceptors (Lipinski definition) is 7. The largest absolute Gasteiger partial charge is 0.455 e. The molecule has 3 aromatic carbocycles. The number of carbonyl (C=O) groups is 1. The molecule has 192 valence electrons. The quantitative estimate of drug-likeness (QED) is 0.150. The molecule has 0 bridgehead atoms. The van der Waals surface area contributed by atoms with E-state index in [1.807, 2.05) is 24.3 Å². The third kappa shape index (κ3) is 5.42. The number of carbonyl (C=O) groups excluding carboxylic acids is 1. The number of nitro groups is 1. The van der Waals surface area contributed by atoms with Gasteiger partial charge in [0, 0.05) is 48.1 Å². The van der Waals surface area contributed by atoms with E-state index in [0.717, 1.165) is 24.3 Å².